The molecule has 7 aliphatic rings. The summed E-state index contributed by atoms with van der Waals surface area (Å²) in [5.74, 6) is 2.79. The van der Waals surface area contributed by atoms with Crippen LogP contribution in [0.2, 0.25) is 0 Å². The first-order valence-corrected chi connectivity index (χ1v) is 19.6. The molecule has 5 aromatic carbocycles. The highest BCUT2D eigenvalue weighted by molar-refractivity contribution is 6.27. The maximum Gasteiger partial charge on any atom is 0.0168 e. The van der Waals surface area contributed by atoms with Crippen molar-refractivity contribution in [2.24, 2.45) is 23.7 Å². The fourth-order valence-corrected chi connectivity index (χ4v) is 11.5. The van der Waals surface area contributed by atoms with Crippen LogP contribution in [0.1, 0.15) is 70.9 Å². The minimum Gasteiger partial charge on any atom is -0.0882 e. The van der Waals surface area contributed by atoms with Crippen molar-refractivity contribution in [2.75, 3.05) is 0 Å². The summed E-state index contributed by atoms with van der Waals surface area (Å²) >= 11 is 0. The Bertz CT molecular complexity index is 2630. The zero-order valence-corrected chi connectivity index (χ0v) is 29.3. The van der Waals surface area contributed by atoms with Gasteiger partial charge in [-0.05, 0) is 138 Å². The van der Waals surface area contributed by atoms with E-state index in [4.69, 9.17) is 0 Å². The molecular formula is C52H40. The second-order valence-corrected chi connectivity index (χ2v) is 16.0. The van der Waals surface area contributed by atoms with Crippen molar-refractivity contribution in [1.29, 1.82) is 0 Å². The molecule has 0 amide bonds. The van der Waals surface area contributed by atoms with Crippen LogP contribution in [0.25, 0.3) is 55.0 Å². The van der Waals surface area contributed by atoms with E-state index in [-0.39, 0.29) is 0 Å². The highest BCUT2D eigenvalue weighted by Gasteiger charge is 2.48. The molecule has 0 saturated carbocycles. The van der Waals surface area contributed by atoms with Crippen LogP contribution in [-0.4, -0.2) is 0 Å². The number of allylic oxidation sites excluding steroid dienone is 16. The average Bonchev–Trinajstić information content (AvgIpc) is 3.71. The number of hydrogen-bond donors (Lipinski definition) is 0. The molecule has 6 atom stereocenters. The molecule has 0 radical (unpaired) electrons. The van der Waals surface area contributed by atoms with E-state index in [0.29, 0.717) is 35.5 Å². The summed E-state index contributed by atoms with van der Waals surface area (Å²) < 4.78 is 0. The standard InChI is InChI=1S/C52H40/c1-4-14-31(15-5-1)34-26-27-37-39-23-13-24-40-48(39)43(42(37)28-34)30-45-46(32-16-6-2-7-17-32)51-41-25-12-22-38-36-21-11-10-20-35(36)29-44(49(38)41)52(51)47(50(40)45)33-18-8-3-9-19-33/h1-9,11-18,21-27,29-30,33-36,38,49H,10,19-20,28H2. The highest BCUT2D eigenvalue weighted by atomic mass is 14.5. The molecule has 0 fully saturated rings. The third kappa shape index (κ3) is 3.93. The summed E-state index contributed by atoms with van der Waals surface area (Å²) in [6.07, 6.45) is 34.1. The van der Waals surface area contributed by atoms with E-state index in [9.17, 15) is 0 Å². The predicted molar refractivity (Wildman–Crippen MR) is 220 cm³/mol. The fraction of sp³-hybridized carbons (Fsp3) is 0.192. The lowest BCUT2D eigenvalue weighted by atomic mass is 9.62. The van der Waals surface area contributed by atoms with Crippen LogP contribution in [0.3, 0.4) is 0 Å². The Morgan fingerprint density at radius 3 is 2.35 bits per heavy atom. The van der Waals surface area contributed by atoms with Crippen LogP contribution in [0, 0.1) is 23.7 Å². The van der Waals surface area contributed by atoms with Gasteiger partial charge in [0.2, 0.25) is 0 Å². The number of benzene rings is 5. The molecule has 12 rings (SSSR count). The van der Waals surface area contributed by atoms with Crippen molar-refractivity contribution in [1.82, 2.24) is 0 Å². The molecule has 0 spiro atoms. The van der Waals surface area contributed by atoms with Crippen molar-refractivity contribution in [3.63, 3.8) is 0 Å². The lowest BCUT2D eigenvalue weighted by Crippen LogP contribution is -2.32. The lowest BCUT2D eigenvalue weighted by molar-refractivity contribution is 0.305. The van der Waals surface area contributed by atoms with Gasteiger partial charge in [-0.25, -0.2) is 0 Å². The van der Waals surface area contributed by atoms with Gasteiger partial charge in [-0.1, -0.05) is 152 Å². The van der Waals surface area contributed by atoms with E-state index in [0.717, 1.165) is 12.8 Å². The first-order chi connectivity index (χ1) is 25.8. The minimum atomic E-state index is 0.325. The second-order valence-electron chi connectivity index (χ2n) is 16.0. The quantitative estimate of drug-likeness (QED) is 0.133. The molecule has 52 heavy (non-hydrogen) atoms. The number of fused-ring (bicyclic) bond motifs is 9. The normalized spacial score (nSPS) is 27.1. The van der Waals surface area contributed by atoms with Crippen molar-refractivity contribution in [2.45, 2.75) is 37.5 Å². The molecule has 0 heteroatoms. The minimum absolute atomic E-state index is 0.325. The van der Waals surface area contributed by atoms with E-state index < -0.39 is 0 Å². The van der Waals surface area contributed by atoms with Crippen molar-refractivity contribution in [3.05, 3.63) is 191 Å². The molecule has 248 valence electrons. The van der Waals surface area contributed by atoms with Crippen molar-refractivity contribution < 1.29 is 0 Å². The molecule has 7 aliphatic carbocycles. The third-order valence-corrected chi connectivity index (χ3v) is 13.6. The molecular weight excluding hydrogens is 625 g/mol. The zero-order valence-electron chi connectivity index (χ0n) is 29.3. The monoisotopic (exact) mass is 664 g/mol. The smallest absolute Gasteiger partial charge is 0.0168 e. The van der Waals surface area contributed by atoms with E-state index in [2.05, 4.69) is 158 Å². The molecule has 0 bridgehead atoms. The zero-order chi connectivity index (χ0) is 33.9. The number of hydrogen-bond acceptors (Lipinski definition) is 0. The van der Waals surface area contributed by atoms with Crippen molar-refractivity contribution in [3.8, 4) is 11.1 Å². The summed E-state index contributed by atoms with van der Waals surface area (Å²) in [7, 11) is 0. The Morgan fingerprint density at radius 1 is 0.596 bits per heavy atom. The summed E-state index contributed by atoms with van der Waals surface area (Å²) in [6.45, 7) is 0. The first-order valence-electron chi connectivity index (χ1n) is 19.6. The van der Waals surface area contributed by atoms with Gasteiger partial charge in [0.25, 0.3) is 0 Å². The van der Waals surface area contributed by atoms with E-state index in [1.54, 1.807) is 22.3 Å². The van der Waals surface area contributed by atoms with Gasteiger partial charge in [0.15, 0.2) is 0 Å². The first kappa shape index (κ1) is 29.2. The van der Waals surface area contributed by atoms with Crippen LogP contribution in [-0.2, 0) is 0 Å². The van der Waals surface area contributed by atoms with Crippen LogP contribution in [0.5, 0.6) is 0 Å². The van der Waals surface area contributed by atoms with Gasteiger partial charge < -0.3 is 0 Å². The van der Waals surface area contributed by atoms with Gasteiger partial charge in [0.05, 0.1) is 0 Å². The molecule has 5 aromatic rings. The highest BCUT2D eigenvalue weighted by Crippen LogP contribution is 2.64. The summed E-state index contributed by atoms with van der Waals surface area (Å²) in [5, 5.41) is 5.78. The van der Waals surface area contributed by atoms with Gasteiger partial charge in [-0.2, -0.15) is 0 Å². The van der Waals surface area contributed by atoms with E-state index >= 15 is 0 Å². The maximum absolute atomic E-state index is 2.76. The Kier molecular flexibility index (Phi) is 6.18. The topological polar surface area (TPSA) is 0 Å². The molecule has 0 nitrogen and oxygen atoms in total. The lowest BCUT2D eigenvalue weighted by Gasteiger charge is -2.41. The van der Waals surface area contributed by atoms with E-state index in [1.807, 2.05) is 0 Å². The summed E-state index contributed by atoms with van der Waals surface area (Å²) in [5.41, 5.74) is 17.7. The van der Waals surface area contributed by atoms with Gasteiger partial charge in [0.1, 0.15) is 0 Å². The Labute approximate surface area is 306 Å². The van der Waals surface area contributed by atoms with Crippen LogP contribution in [0.15, 0.2) is 158 Å². The van der Waals surface area contributed by atoms with Gasteiger partial charge in [-0.15, -0.1) is 0 Å². The SMILES string of the molecule is C1=CCC(c2c3c(c(-c4ccccc4)c4cc5c6c(cccc6c24)C2=C5CC(c4ccccc4)C=C2)C2=CC=CC4C2C3=CC2CCC=CC24)C=C1. The van der Waals surface area contributed by atoms with Gasteiger partial charge in [-0.3, -0.25) is 0 Å². The average molecular weight is 665 g/mol. The van der Waals surface area contributed by atoms with Crippen molar-refractivity contribution >= 4 is 43.8 Å². The molecule has 0 heterocycles. The second kappa shape index (κ2) is 11.0. The fourth-order valence-electron chi connectivity index (χ4n) is 11.5. The van der Waals surface area contributed by atoms with Crippen LogP contribution >= 0.6 is 0 Å². The Morgan fingerprint density at radius 2 is 1.48 bits per heavy atom. The Hall–Kier alpha value is -5.46. The third-order valence-electron chi connectivity index (χ3n) is 13.6. The Balaban J connectivity index is 1.22. The van der Waals surface area contributed by atoms with Crippen LogP contribution < -0.4 is 0 Å². The predicted octanol–water partition coefficient (Wildman–Crippen LogP) is 13.4. The van der Waals surface area contributed by atoms with Gasteiger partial charge >= 0.3 is 0 Å². The number of rotatable bonds is 3. The molecule has 6 unspecified atom stereocenters. The summed E-state index contributed by atoms with van der Waals surface area (Å²) in [4.78, 5) is 0. The van der Waals surface area contributed by atoms with Gasteiger partial charge in [0, 0.05) is 17.8 Å². The molecule has 0 saturated heterocycles. The largest absolute Gasteiger partial charge is 0.0882 e. The maximum atomic E-state index is 2.76. The summed E-state index contributed by atoms with van der Waals surface area (Å²) in [6, 6.07) is 32.3. The molecule has 0 aromatic heterocycles. The van der Waals surface area contributed by atoms with E-state index in [1.165, 1.54) is 78.9 Å². The molecule has 0 N–H and O–H groups in total. The molecule has 0 aliphatic heterocycles. The van der Waals surface area contributed by atoms with Crippen LogP contribution in [0.4, 0.5) is 0 Å².